The van der Waals surface area contributed by atoms with E-state index in [0.29, 0.717) is 28.8 Å². The van der Waals surface area contributed by atoms with Gasteiger partial charge in [0, 0.05) is 16.5 Å². The number of pyridine rings is 1. The second kappa shape index (κ2) is 6.50. The molecule has 0 aliphatic heterocycles. The van der Waals surface area contributed by atoms with Crippen molar-refractivity contribution in [2.45, 2.75) is 32.2 Å². The van der Waals surface area contributed by atoms with E-state index in [4.69, 9.17) is 0 Å². The van der Waals surface area contributed by atoms with Crippen molar-refractivity contribution >= 4 is 44.7 Å². The first-order valence-electron chi connectivity index (χ1n) is 8.67. The normalized spacial score (nSPS) is 14.0. The van der Waals surface area contributed by atoms with Gasteiger partial charge in [0.05, 0.1) is 23.7 Å². The molecule has 4 aromatic heterocycles. The molecule has 0 saturated heterocycles. The molecule has 0 spiro atoms. The van der Waals surface area contributed by atoms with Crippen LogP contribution in [0.5, 0.6) is 0 Å². The predicted molar refractivity (Wildman–Crippen MR) is 106 cm³/mol. The highest BCUT2D eigenvalue weighted by molar-refractivity contribution is 7.15. The molecule has 5 rings (SSSR count). The van der Waals surface area contributed by atoms with Gasteiger partial charge in [0.15, 0.2) is 5.65 Å². The third-order valence-corrected chi connectivity index (χ3v) is 6.32. The highest BCUT2D eigenvalue weighted by atomic mass is 32.1. The molecule has 9 heteroatoms. The molecular formula is C18H16N6OS2. The topological polar surface area (TPSA) is 85.6 Å². The number of hydrogen-bond donors (Lipinski definition) is 1. The quantitative estimate of drug-likeness (QED) is 0.554. The van der Waals surface area contributed by atoms with Gasteiger partial charge in [0.1, 0.15) is 5.01 Å². The highest BCUT2D eigenvalue weighted by Crippen LogP contribution is 2.42. The lowest BCUT2D eigenvalue weighted by atomic mass is 10.1. The van der Waals surface area contributed by atoms with Gasteiger partial charge in [-0.15, -0.1) is 21.5 Å². The van der Waals surface area contributed by atoms with Crippen LogP contribution in [0.3, 0.4) is 0 Å². The molecule has 0 unspecified atom stereocenters. The van der Waals surface area contributed by atoms with E-state index in [1.165, 1.54) is 16.2 Å². The van der Waals surface area contributed by atoms with Crippen molar-refractivity contribution < 1.29 is 4.79 Å². The van der Waals surface area contributed by atoms with Crippen molar-refractivity contribution in [2.75, 3.05) is 5.32 Å². The van der Waals surface area contributed by atoms with E-state index in [9.17, 15) is 4.79 Å². The zero-order chi connectivity index (χ0) is 18.4. The minimum absolute atomic E-state index is 0.209. The van der Waals surface area contributed by atoms with Crippen LogP contribution in [0.15, 0.2) is 29.8 Å². The minimum Gasteiger partial charge on any atom is -0.296 e. The van der Waals surface area contributed by atoms with Gasteiger partial charge in [-0.05, 0) is 37.3 Å². The first kappa shape index (κ1) is 16.5. The lowest BCUT2D eigenvalue weighted by molar-refractivity contribution is 0.102. The molecule has 0 radical (unpaired) electrons. The molecule has 0 bridgehead atoms. The van der Waals surface area contributed by atoms with Gasteiger partial charge in [-0.2, -0.15) is 5.10 Å². The van der Waals surface area contributed by atoms with E-state index in [1.807, 2.05) is 23.1 Å². The van der Waals surface area contributed by atoms with Crippen molar-refractivity contribution in [3.8, 4) is 0 Å². The molecule has 7 nitrogen and oxygen atoms in total. The molecule has 4 aromatic rings. The number of amides is 1. The van der Waals surface area contributed by atoms with Crippen LogP contribution in [-0.2, 0) is 6.54 Å². The Morgan fingerprint density at radius 2 is 2.26 bits per heavy atom. The van der Waals surface area contributed by atoms with E-state index in [0.717, 1.165) is 28.9 Å². The summed E-state index contributed by atoms with van der Waals surface area (Å²) in [6.07, 6.45) is 4.03. The molecule has 27 heavy (non-hydrogen) atoms. The monoisotopic (exact) mass is 396 g/mol. The zero-order valence-corrected chi connectivity index (χ0v) is 16.2. The van der Waals surface area contributed by atoms with Crippen LogP contribution >= 0.6 is 22.7 Å². The lowest BCUT2D eigenvalue weighted by Crippen LogP contribution is -2.13. The average Bonchev–Trinajstić information content (AvgIpc) is 3.04. The first-order chi connectivity index (χ1) is 13.2. The number of nitrogens with zero attached hydrogens (tertiary/aromatic N) is 5. The summed E-state index contributed by atoms with van der Waals surface area (Å²) >= 11 is 3.13. The zero-order valence-electron chi connectivity index (χ0n) is 14.5. The van der Waals surface area contributed by atoms with Crippen molar-refractivity contribution in [2.24, 2.45) is 0 Å². The Labute approximate surface area is 163 Å². The number of carbonyl (C=O) groups excluding carboxylic acids is 1. The Bertz CT molecular complexity index is 1130. The van der Waals surface area contributed by atoms with Crippen LogP contribution < -0.4 is 5.32 Å². The Morgan fingerprint density at radius 3 is 3.04 bits per heavy atom. The van der Waals surface area contributed by atoms with Crippen LogP contribution in [0.2, 0.25) is 0 Å². The number of fused-ring (bicyclic) bond motifs is 1. The number of carbonyl (C=O) groups is 1. The van der Waals surface area contributed by atoms with Crippen LogP contribution in [0.1, 0.15) is 44.7 Å². The van der Waals surface area contributed by atoms with Crippen molar-refractivity contribution in [1.29, 1.82) is 0 Å². The Kier molecular flexibility index (Phi) is 3.98. The number of aryl methyl sites for hydroxylation is 1. The van der Waals surface area contributed by atoms with Gasteiger partial charge in [-0.25, -0.2) is 9.67 Å². The molecule has 136 valence electrons. The molecular weight excluding hydrogens is 380 g/mol. The highest BCUT2D eigenvalue weighted by Gasteiger charge is 2.28. The predicted octanol–water partition coefficient (Wildman–Crippen LogP) is 3.83. The molecule has 1 amide bonds. The average molecular weight is 397 g/mol. The molecule has 1 fully saturated rings. The van der Waals surface area contributed by atoms with E-state index in [2.05, 4.69) is 31.7 Å². The van der Waals surface area contributed by atoms with E-state index in [-0.39, 0.29) is 5.91 Å². The molecule has 0 aromatic carbocycles. The van der Waals surface area contributed by atoms with E-state index >= 15 is 0 Å². The number of aromatic nitrogens is 5. The largest absolute Gasteiger partial charge is 0.296 e. The fourth-order valence-electron chi connectivity index (χ4n) is 2.97. The van der Waals surface area contributed by atoms with Gasteiger partial charge in [-0.3, -0.25) is 10.1 Å². The third-order valence-electron chi connectivity index (χ3n) is 4.46. The maximum atomic E-state index is 12.9. The Morgan fingerprint density at radius 1 is 1.37 bits per heavy atom. The maximum absolute atomic E-state index is 12.9. The Hall–Kier alpha value is -2.65. The summed E-state index contributed by atoms with van der Waals surface area (Å²) < 4.78 is 1.83. The summed E-state index contributed by atoms with van der Waals surface area (Å²) in [5.74, 6) is 0.318. The summed E-state index contributed by atoms with van der Waals surface area (Å²) in [6, 6.07) is 5.87. The SMILES string of the molecule is Cc1cc(C(=O)Nc2nnc(C3CC3)s2)c2cnn(Cc3cccs3)c2n1. The van der Waals surface area contributed by atoms with Crippen molar-refractivity contribution in [1.82, 2.24) is 25.0 Å². The summed E-state index contributed by atoms with van der Waals surface area (Å²) in [4.78, 5) is 18.7. The minimum atomic E-state index is -0.209. The van der Waals surface area contributed by atoms with Crippen LogP contribution in [0.25, 0.3) is 11.0 Å². The second-order valence-electron chi connectivity index (χ2n) is 6.60. The molecule has 1 saturated carbocycles. The summed E-state index contributed by atoms with van der Waals surface area (Å²) in [7, 11) is 0. The van der Waals surface area contributed by atoms with Gasteiger partial charge in [0.2, 0.25) is 5.13 Å². The van der Waals surface area contributed by atoms with Gasteiger partial charge >= 0.3 is 0 Å². The first-order valence-corrected chi connectivity index (χ1v) is 10.4. The fraction of sp³-hybridized carbons (Fsp3) is 0.278. The van der Waals surface area contributed by atoms with Crippen LogP contribution in [0.4, 0.5) is 5.13 Å². The molecule has 4 heterocycles. The van der Waals surface area contributed by atoms with Crippen LogP contribution in [0, 0.1) is 6.92 Å². The molecule has 1 aliphatic rings. The molecule has 0 atom stereocenters. The summed E-state index contributed by atoms with van der Waals surface area (Å²) in [5, 5.41) is 19.9. The Balaban J connectivity index is 1.46. The van der Waals surface area contributed by atoms with Gasteiger partial charge < -0.3 is 0 Å². The second-order valence-corrected chi connectivity index (χ2v) is 8.65. The number of thiophene rings is 1. The standard InChI is InChI=1S/C18H16N6OS2/c1-10-7-13(16(25)21-18-23-22-17(27-18)11-4-5-11)14-8-19-24(15(14)20-10)9-12-3-2-6-26-12/h2-3,6-8,11H,4-5,9H2,1H3,(H,21,23,25). The summed E-state index contributed by atoms with van der Waals surface area (Å²) in [5.41, 5.74) is 2.04. The number of anilines is 1. The number of nitrogens with one attached hydrogen (secondary N) is 1. The van der Waals surface area contributed by atoms with Crippen LogP contribution in [-0.4, -0.2) is 30.9 Å². The molecule has 1 N–H and O–H groups in total. The summed E-state index contributed by atoms with van der Waals surface area (Å²) in [6.45, 7) is 2.52. The number of rotatable bonds is 5. The fourth-order valence-corrected chi connectivity index (χ4v) is 4.56. The van der Waals surface area contributed by atoms with E-state index in [1.54, 1.807) is 23.6 Å². The maximum Gasteiger partial charge on any atom is 0.258 e. The molecule has 1 aliphatic carbocycles. The van der Waals surface area contributed by atoms with Crippen molar-refractivity contribution in [3.05, 3.63) is 50.9 Å². The van der Waals surface area contributed by atoms with Gasteiger partial charge in [-0.1, -0.05) is 17.4 Å². The van der Waals surface area contributed by atoms with Gasteiger partial charge in [0.25, 0.3) is 5.91 Å². The smallest absolute Gasteiger partial charge is 0.258 e. The third kappa shape index (κ3) is 3.24. The lowest BCUT2D eigenvalue weighted by Gasteiger charge is -2.06. The number of hydrogen-bond acceptors (Lipinski definition) is 7. The van der Waals surface area contributed by atoms with E-state index < -0.39 is 0 Å². The van der Waals surface area contributed by atoms with Crippen molar-refractivity contribution in [3.63, 3.8) is 0 Å².